The van der Waals surface area contributed by atoms with Crippen molar-refractivity contribution in [1.82, 2.24) is 10.0 Å². The molecule has 0 spiro atoms. The molecule has 0 radical (unpaired) electrons. The molecule has 0 fully saturated rings. The van der Waals surface area contributed by atoms with Gasteiger partial charge >= 0.3 is 0 Å². The smallest absolute Gasteiger partial charge is 0.278 e. The zero-order chi connectivity index (χ0) is 13.8. The first-order chi connectivity index (χ1) is 8.33. The van der Waals surface area contributed by atoms with Crippen LogP contribution in [0.2, 0.25) is 0 Å². The Kier molecular flexibility index (Phi) is 4.55. The van der Waals surface area contributed by atoms with Gasteiger partial charge in [-0.05, 0) is 6.07 Å². The van der Waals surface area contributed by atoms with E-state index < -0.39 is 18.4 Å². The Morgan fingerprint density at radius 3 is 2.78 bits per heavy atom. The van der Waals surface area contributed by atoms with Gasteiger partial charge in [-0.25, -0.2) is 18.8 Å². The molecule has 0 atom stereocenters. The summed E-state index contributed by atoms with van der Waals surface area (Å²) in [4.78, 5) is 20.2. The van der Waals surface area contributed by atoms with Crippen LogP contribution in [-0.4, -0.2) is 42.6 Å². The number of ether oxygens (including phenoxy) is 1. The Balaban J connectivity index is 2.76. The number of rotatable bonds is 5. The second-order valence-corrected chi connectivity index (χ2v) is 3.73. The molecule has 0 aliphatic heterocycles. The van der Waals surface area contributed by atoms with E-state index in [1.807, 2.05) is 0 Å². The molecular formula is C11H14F2N2O3. The molecular weight excluding hydrogens is 246 g/mol. The number of carbonyl (C=O) groups excluding carboxylic acids is 1. The molecule has 5 nitrogen and oxygen atoms in total. The molecule has 7 heteroatoms. The first-order valence-corrected chi connectivity index (χ1v) is 5.12. The molecule has 1 heterocycles. The number of hydrogen-bond acceptors (Lipinski definition) is 4. The van der Waals surface area contributed by atoms with E-state index >= 15 is 0 Å². The van der Waals surface area contributed by atoms with Gasteiger partial charge in [0.15, 0.2) is 6.61 Å². The van der Waals surface area contributed by atoms with Crippen molar-refractivity contribution in [3.8, 4) is 5.88 Å². The Morgan fingerprint density at radius 1 is 1.56 bits per heavy atom. The molecule has 18 heavy (non-hydrogen) atoms. The molecule has 0 saturated carbocycles. The monoisotopic (exact) mass is 260 g/mol. The lowest BCUT2D eigenvalue weighted by Crippen LogP contribution is -2.25. The van der Waals surface area contributed by atoms with Gasteiger partial charge in [0.05, 0.1) is 7.11 Å². The van der Waals surface area contributed by atoms with E-state index in [4.69, 9.17) is 9.57 Å². The number of alkyl halides is 2. The highest BCUT2D eigenvalue weighted by atomic mass is 19.3. The highest BCUT2D eigenvalue weighted by molar-refractivity contribution is 5.93. The normalized spacial score (nSPS) is 11.2. The average Bonchev–Trinajstić information content (AvgIpc) is 2.34. The van der Waals surface area contributed by atoms with Crippen molar-refractivity contribution in [3.63, 3.8) is 0 Å². The summed E-state index contributed by atoms with van der Waals surface area (Å²) in [6.45, 7) is -0.0571. The summed E-state index contributed by atoms with van der Waals surface area (Å²) >= 11 is 0. The van der Waals surface area contributed by atoms with Gasteiger partial charge in [-0.15, -0.1) is 0 Å². The van der Waals surface area contributed by atoms with Crippen molar-refractivity contribution < 1.29 is 23.1 Å². The molecule has 0 bridgehead atoms. The summed E-state index contributed by atoms with van der Waals surface area (Å²) < 4.78 is 30.0. The number of pyridine rings is 1. The van der Waals surface area contributed by atoms with E-state index in [0.29, 0.717) is 0 Å². The van der Waals surface area contributed by atoms with Crippen LogP contribution >= 0.6 is 0 Å². The maximum absolute atomic E-state index is 12.6. The first-order valence-electron chi connectivity index (χ1n) is 5.12. The number of hydroxylamine groups is 2. The molecule has 0 saturated heterocycles. The largest absolute Gasteiger partial charge is 0.471 e. The number of aromatic nitrogens is 1. The fourth-order valence-corrected chi connectivity index (χ4v) is 1.09. The summed E-state index contributed by atoms with van der Waals surface area (Å²) in [7, 11) is 2.78. The van der Waals surface area contributed by atoms with Crippen molar-refractivity contribution in [2.45, 2.75) is 12.8 Å². The van der Waals surface area contributed by atoms with E-state index in [0.717, 1.165) is 12.0 Å². The zero-order valence-corrected chi connectivity index (χ0v) is 10.3. The third-order valence-corrected chi connectivity index (χ3v) is 2.02. The topological polar surface area (TPSA) is 51.7 Å². The van der Waals surface area contributed by atoms with Crippen molar-refractivity contribution in [2.24, 2.45) is 0 Å². The third-order valence-electron chi connectivity index (χ3n) is 2.02. The molecule has 1 aromatic heterocycles. The van der Waals surface area contributed by atoms with Crippen molar-refractivity contribution >= 4 is 5.91 Å². The van der Waals surface area contributed by atoms with Gasteiger partial charge in [0.2, 0.25) is 5.88 Å². The van der Waals surface area contributed by atoms with Gasteiger partial charge in [-0.2, -0.15) is 0 Å². The molecule has 0 aliphatic carbocycles. The molecule has 0 N–H and O–H groups in total. The molecule has 0 unspecified atom stereocenters. The number of hydrogen-bond donors (Lipinski definition) is 0. The minimum Gasteiger partial charge on any atom is -0.471 e. The zero-order valence-electron chi connectivity index (χ0n) is 10.3. The van der Waals surface area contributed by atoms with Gasteiger partial charge in [-0.1, -0.05) is 0 Å². The quantitative estimate of drug-likeness (QED) is 0.757. The number of carbonyl (C=O) groups is 1. The van der Waals surface area contributed by atoms with Crippen LogP contribution < -0.4 is 4.74 Å². The minimum atomic E-state index is -2.95. The molecule has 1 rings (SSSR count). The van der Waals surface area contributed by atoms with E-state index in [9.17, 15) is 13.6 Å². The van der Waals surface area contributed by atoms with Gasteiger partial charge < -0.3 is 4.74 Å². The summed E-state index contributed by atoms with van der Waals surface area (Å²) in [5, 5.41) is 1.01. The SMILES string of the molecule is CON(C)C(=O)c1ccnc(OCC(C)(F)F)c1. The van der Waals surface area contributed by atoms with Gasteiger partial charge in [0.1, 0.15) is 0 Å². The van der Waals surface area contributed by atoms with Gasteiger partial charge in [0, 0.05) is 31.8 Å². The second-order valence-electron chi connectivity index (χ2n) is 3.73. The maximum Gasteiger partial charge on any atom is 0.278 e. The lowest BCUT2D eigenvalue weighted by molar-refractivity contribution is -0.0757. The Labute approximate surface area is 103 Å². The minimum absolute atomic E-state index is 0.0353. The van der Waals surface area contributed by atoms with Crippen LogP contribution in [0.3, 0.4) is 0 Å². The van der Waals surface area contributed by atoms with Crippen LogP contribution in [0.5, 0.6) is 5.88 Å². The average molecular weight is 260 g/mol. The Bertz CT molecular complexity index is 421. The van der Waals surface area contributed by atoms with Crippen molar-refractivity contribution in [1.29, 1.82) is 0 Å². The lowest BCUT2D eigenvalue weighted by Gasteiger charge is -2.14. The van der Waals surface area contributed by atoms with Gasteiger partial charge in [0.25, 0.3) is 11.8 Å². The van der Waals surface area contributed by atoms with Crippen LogP contribution in [0.25, 0.3) is 0 Å². The van der Waals surface area contributed by atoms with Crippen LogP contribution in [0.15, 0.2) is 18.3 Å². The van der Waals surface area contributed by atoms with Crippen molar-refractivity contribution in [2.75, 3.05) is 20.8 Å². The Morgan fingerprint density at radius 2 is 2.22 bits per heavy atom. The van der Waals surface area contributed by atoms with E-state index in [2.05, 4.69) is 4.98 Å². The summed E-state index contributed by atoms with van der Waals surface area (Å²) in [5.41, 5.74) is 0.240. The molecule has 1 aromatic rings. The summed E-state index contributed by atoms with van der Waals surface area (Å²) in [6, 6.07) is 2.72. The predicted molar refractivity (Wildman–Crippen MR) is 59.5 cm³/mol. The number of amides is 1. The number of nitrogens with zero attached hydrogens (tertiary/aromatic N) is 2. The van der Waals surface area contributed by atoms with Crippen molar-refractivity contribution in [3.05, 3.63) is 23.9 Å². The fourth-order valence-electron chi connectivity index (χ4n) is 1.09. The number of halogens is 2. The van der Waals surface area contributed by atoms with Crippen LogP contribution in [0, 0.1) is 0 Å². The molecule has 0 aliphatic rings. The first kappa shape index (κ1) is 14.3. The summed E-state index contributed by atoms with van der Waals surface area (Å²) in [5.74, 6) is -3.41. The summed E-state index contributed by atoms with van der Waals surface area (Å²) in [6.07, 6.45) is 1.31. The van der Waals surface area contributed by atoms with E-state index in [-0.39, 0.29) is 11.4 Å². The maximum atomic E-state index is 12.6. The van der Waals surface area contributed by atoms with Gasteiger partial charge in [-0.3, -0.25) is 9.63 Å². The molecule has 0 aromatic carbocycles. The van der Waals surface area contributed by atoms with E-state index in [1.165, 1.54) is 32.5 Å². The highest BCUT2D eigenvalue weighted by Crippen LogP contribution is 2.16. The second kappa shape index (κ2) is 5.72. The van der Waals surface area contributed by atoms with Crippen LogP contribution in [-0.2, 0) is 4.84 Å². The van der Waals surface area contributed by atoms with Crippen LogP contribution in [0.4, 0.5) is 8.78 Å². The predicted octanol–water partition coefficient (Wildman–Crippen LogP) is 1.75. The highest BCUT2D eigenvalue weighted by Gasteiger charge is 2.22. The lowest BCUT2D eigenvalue weighted by atomic mass is 10.2. The third kappa shape index (κ3) is 4.25. The molecule has 1 amide bonds. The van der Waals surface area contributed by atoms with Crippen LogP contribution in [0.1, 0.15) is 17.3 Å². The van der Waals surface area contributed by atoms with E-state index in [1.54, 1.807) is 0 Å². The standard InChI is InChI=1S/C11H14F2N2O3/c1-11(12,13)7-18-9-6-8(4-5-14-9)10(16)15(2)17-3/h4-6H,7H2,1-3H3. The molecule has 100 valence electrons. The fraction of sp³-hybridized carbons (Fsp3) is 0.455. The Hall–Kier alpha value is -1.76.